The second-order valence-corrected chi connectivity index (χ2v) is 5.20. The van der Waals surface area contributed by atoms with Crippen molar-refractivity contribution in [2.45, 2.75) is 51.4 Å². The Balaban J connectivity index is 3.20. The standard InChI is InChI=1S/C14H24Cl2O4/c15-9-11-19-13(17)7-5-3-1-2-4-6-8-14(18)20-12-10-16/h1-12H2. The van der Waals surface area contributed by atoms with Crippen molar-refractivity contribution in [3.63, 3.8) is 0 Å². The maximum Gasteiger partial charge on any atom is 0.305 e. The topological polar surface area (TPSA) is 52.6 Å². The Labute approximate surface area is 131 Å². The summed E-state index contributed by atoms with van der Waals surface area (Å²) < 4.78 is 9.73. The van der Waals surface area contributed by atoms with Crippen LogP contribution >= 0.6 is 23.2 Å². The molecule has 0 aromatic carbocycles. The average Bonchev–Trinajstić information content (AvgIpc) is 2.45. The molecule has 20 heavy (non-hydrogen) atoms. The van der Waals surface area contributed by atoms with E-state index in [0.717, 1.165) is 38.5 Å². The molecule has 0 aliphatic carbocycles. The highest BCUT2D eigenvalue weighted by atomic mass is 35.5. The van der Waals surface area contributed by atoms with Crippen LogP contribution in [0.25, 0.3) is 0 Å². The molecule has 4 nitrogen and oxygen atoms in total. The van der Waals surface area contributed by atoms with Gasteiger partial charge in [0.2, 0.25) is 0 Å². The molecule has 118 valence electrons. The largest absolute Gasteiger partial charge is 0.464 e. The average molecular weight is 327 g/mol. The van der Waals surface area contributed by atoms with E-state index in [-0.39, 0.29) is 11.9 Å². The third-order valence-corrected chi connectivity index (χ3v) is 3.00. The van der Waals surface area contributed by atoms with Gasteiger partial charge in [0.1, 0.15) is 13.2 Å². The molecule has 0 aromatic rings. The molecule has 0 bridgehead atoms. The summed E-state index contributed by atoms with van der Waals surface area (Å²) in [5.41, 5.74) is 0. The minimum atomic E-state index is -0.173. The minimum Gasteiger partial charge on any atom is -0.464 e. The lowest BCUT2D eigenvalue weighted by Gasteiger charge is -2.04. The van der Waals surface area contributed by atoms with Gasteiger partial charge in [-0.15, -0.1) is 23.2 Å². The molecule has 0 amide bonds. The first-order valence-electron chi connectivity index (χ1n) is 7.14. The van der Waals surface area contributed by atoms with E-state index in [2.05, 4.69) is 0 Å². The third kappa shape index (κ3) is 13.9. The van der Waals surface area contributed by atoms with Gasteiger partial charge in [-0.05, 0) is 12.8 Å². The molecule has 0 aromatic heterocycles. The maximum atomic E-state index is 11.2. The Kier molecular flexibility index (Phi) is 14.6. The summed E-state index contributed by atoms with van der Waals surface area (Å²) in [6.45, 7) is 0.584. The van der Waals surface area contributed by atoms with Crippen LogP contribution < -0.4 is 0 Å². The van der Waals surface area contributed by atoms with Crippen molar-refractivity contribution >= 4 is 35.1 Å². The van der Waals surface area contributed by atoms with Crippen LogP contribution in [-0.2, 0) is 19.1 Å². The van der Waals surface area contributed by atoms with E-state index in [9.17, 15) is 9.59 Å². The number of esters is 2. The van der Waals surface area contributed by atoms with E-state index in [1.165, 1.54) is 0 Å². The van der Waals surface area contributed by atoms with Gasteiger partial charge in [0.15, 0.2) is 0 Å². The highest BCUT2D eigenvalue weighted by Gasteiger charge is 2.03. The van der Waals surface area contributed by atoms with E-state index in [4.69, 9.17) is 32.7 Å². The Morgan fingerprint density at radius 3 is 1.35 bits per heavy atom. The normalized spacial score (nSPS) is 10.3. The summed E-state index contributed by atoms with van der Waals surface area (Å²) in [5, 5.41) is 0. The van der Waals surface area contributed by atoms with Gasteiger partial charge >= 0.3 is 11.9 Å². The number of ether oxygens (including phenoxy) is 2. The Morgan fingerprint density at radius 1 is 0.650 bits per heavy atom. The monoisotopic (exact) mass is 326 g/mol. The summed E-state index contributed by atoms with van der Waals surface area (Å²) in [6, 6.07) is 0. The molecule has 0 fully saturated rings. The Morgan fingerprint density at radius 2 is 1.00 bits per heavy atom. The lowest BCUT2D eigenvalue weighted by Crippen LogP contribution is -2.06. The van der Waals surface area contributed by atoms with Gasteiger partial charge in [0, 0.05) is 12.8 Å². The highest BCUT2D eigenvalue weighted by molar-refractivity contribution is 6.18. The van der Waals surface area contributed by atoms with Crippen molar-refractivity contribution in [2.75, 3.05) is 25.0 Å². The summed E-state index contributed by atoms with van der Waals surface area (Å²) in [6.07, 6.45) is 6.76. The van der Waals surface area contributed by atoms with Crippen molar-refractivity contribution < 1.29 is 19.1 Å². The summed E-state index contributed by atoms with van der Waals surface area (Å²) in [7, 11) is 0. The number of hydrogen-bond donors (Lipinski definition) is 0. The Bertz CT molecular complexity index is 234. The lowest BCUT2D eigenvalue weighted by atomic mass is 10.1. The molecule has 0 heterocycles. The van der Waals surface area contributed by atoms with Crippen molar-refractivity contribution in [2.24, 2.45) is 0 Å². The van der Waals surface area contributed by atoms with Gasteiger partial charge in [-0.1, -0.05) is 25.7 Å². The van der Waals surface area contributed by atoms with Gasteiger partial charge in [0.05, 0.1) is 11.8 Å². The smallest absolute Gasteiger partial charge is 0.305 e. The lowest BCUT2D eigenvalue weighted by molar-refractivity contribution is -0.144. The zero-order chi connectivity index (χ0) is 15.1. The second kappa shape index (κ2) is 14.9. The quantitative estimate of drug-likeness (QED) is 0.294. The van der Waals surface area contributed by atoms with E-state index in [1.54, 1.807) is 0 Å². The number of unbranched alkanes of at least 4 members (excludes halogenated alkanes) is 5. The van der Waals surface area contributed by atoms with E-state index < -0.39 is 0 Å². The van der Waals surface area contributed by atoms with E-state index >= 15 is 0 Å². The molecule has 6 heteroatoms. The van der Waals surface area contributed by atoms with Gasteiger partial charge in [0.25, 0.3) is 0 Å². The first-order chi connectivity index (χ1) is 9.70. The summed E-state index contributed by atoms with van der Waals surface area (Å²) in [4.78, 5) is 22.3. The van der Waals surface area contributed by atoms with Crippen LogP contribution in [0.4, 0.5) is 0 Å². The first kappa shape index (κ1) is 19.5. The molecule has 0 spiro atoms. The molecule has 0 aliphatic heterocycles. The van der Waals surface area contributed by atoms with Crippen LogP contribution in [0, 0.1) is 0 Å². The number of halogens is 2. The molecule has 0 saturated carbocycles. The minimum absolute atomic E-state index is 0.173. The number of carbonyl (C=O) groups excluding carboxylic acids is 2. The van der Waals surface area contributed by atoms with Crippen LogP contribution in [0.3, 0.4) is 0 Å². The van der Waals surface area contributed by atoms with Crippen LogP contribution in [-0.4, -0.2) is 36.9 Å². The number of hydrogen-bond acceptors (Lipinski definition) is 4. The molecule has 0 saturated heterocycles. The van der Waals surface area contributed by atoms with E-state index in [1.807, 2.05) is 0 Å². The van der Waals surface area contributed by atoms with Crippen LogP contribution in [0.1, 0.15) is 51.4 Å². The molecular formula is C14H24Cl2O4. The van der Waals surface area contributed by atoms with Gasteiger partial charge in [-0.2, -0.15) is 0 Å². The molecular weight excluding hydrogens is 303 g/mol. The van der Waals surface area contributed by atoms with E-state index in [0.29, 0.717) is 37.8 Å². The molecule has 0 unspecified atom stereocenters. The predicted octanol–water partition coefficient (Wildman–Crippen LogP) is 3.67. The molecule has 0 atom stereocenters. The van der Waals surface area contributed by atoms with Gasteiger partial charge in [-0.3, -0.25) is 9.59 Å². The first-order valence-corrected chi connectivity index (χ1v) is 8.20. The number of carbonyl (C=O) groups is 2. The summed E-state index contributed by atoms with van der Waals surface area (Å²) >= 11 is 10.8. The number of rotatable bonds is 13. The van der Waals surface area contributed by atoms with Crippen LogP contribution in [0.15, 0.2) is 0 Å². The zero-order valence-corrected chi connectivity index (χ0v) is 13.4. The second-order valence-electron chi connectivity index (χ2n) is 4.44. The predicted molar refractivity (Wildman–Crippen MR) is 80.3 cm³/mol. The zero-order valence-electron chi connectivity index (χ0n) is 11.9. The fourth-order valence-corrected chi connectivity index (χ4v) is 1.85. The molecule has 0 radical (unpaired) electrons. The molecule has 0 N–H and O–H groups in total. The highest BCUT2D eigenvalue weighted by Crippen LogP contribution is 2.09. The molecule has 0 aliphatic rings. The van der Waals surface area contributed by atoms with Crippen LogP contribution in [0.5, 0.6) is 0 Å². The van der Waals surface area contributed by atoms with Gasteiger partial charge in [-0.25, -0.2) is 0 Å². The summed E-state index contributed by atoms with van der Waals surface area (Å²) in [5.74, 6) is 0.346. The van der Waals surface area contributed by atoms with Crippen molar-refractivity contribution in [1.29, 1.82) is 0 Å². The third-order valence-electron chi connectivity index (χ3n) is 2.69. The van der Waals surface area contributed by atoms with Crippen molar-refractivity contribution in [1.82, 2.24) is 0 Å². The maximum absolute atomic E-state index is 11.2. The van der Waals surface area contributed by atoms with Crippen molar-refractivity contribution in [3.05, 3.63) is 0 Å². The SMILES string of the molecule is O=C(CCCCCCCCC(=O)OCCCl)OCCCl. The number of alkyl halides is 2. The van der Waals surface area contributed by atoms with Crippen molar-refractivity contribution in [3.8, 4) is 0 Å². The fourth-order valence-electron chi connectivity index (χ4n) is 1.69. The van der Waals surface area contributed by atoms with Crippen LogP contribution in [0.2, 0.25) is 0 Å². The Hall–Kier alpha value is -0.480. The van der Waals surface area contributed by atoms with Gasteiger partial charge < -0.3 is 9.47 Å². The fraction of sp³-hybridized carbons (Fsp3) is 0.857. The molecule has 0 rings (SSSR count).